The van der Waals surface area contributed by atoms with Crippen LogP contribution in [-0.4, -0.2) is 22.3 Å². The van der Waals surface area contributed by atoms with Crippen LogP contribution in [0, 0.1) is 0 Å². The smallest absolute Gasteiger partial charge is 0.344 e. The topological polar surface area (TPSA) is 55.4 Å². The Labute approximate surface area is 149 Å². The van der Waals surface area contributed by atoms with E-state index in [0.29, 0.717) is 13.2 Å². The summed E-state index contributed by atoms with van der Waals surface area (Å²) in [7, 11) is -3.65. The van der Waals surface area contributed by atoms with Crippen molar-refractivity contribution in [2.24, 2.45) is 0 Å². The molecule has 6 nitrogen and oxygen atoms in total. The first kappa shape index (κ1) is 19.7. The summed E-state index contributed by atoms with van der Waals surface area (Å²) in [4.78, 5) is 10.2. The van der Waals surface area contributed by atoms with E-state index in [1.807, 2.05) is 60.7 Å². The zero-order chi connectivity index (χ0) is 17.8. The Kier molecular flexibility index (Phi) is 8.77. The summed E-state index contributed by atoms with van der Waals surface area (Å²) in [6.07, 6.45) is 0. The highest BCUT2D eigenvalue weighted by Crippen LogP contribution is 2.18. The fourth-order valence-electron chi connectivity index (χ4n) is 1.91. The van der Waals surface area contributed by atoms with Gasteiger partial charge in [0, 0.05) is 0 Å². The second-order valence-corrected chi connectivity index (χ2v) is 6.94. The SMILES string of the molecule is CCOO[Si](OCc1ccccc1)(OCc1ccccc1)OOCC. The van der Waals surface area contributed by atoms with Gasteiger partial charge in [0.15, 0.2) is 0 Å². The minimum absolute atomic E-state index is 0.252. The van der Waals surface area contributed by atoms with Crippen LogP contribution in [0.25, 0.3) is 0 Å². The van der Waals surface area contributed by atoms with E-state index >= 15 is 0 Å². The van der Waals surface area contributed by atoms with Gasteiger partial charge in [0.1, 0.15) is 0 Å². The maximum absolute atomic E-state index is 5.86. The van der Waals surface area contributed by atoms with E-state index in [1.54, 1.807) is 13.8 Å². The lowest BCUT2D eigenvalue weighted by atomic mass is 10.2. The number of hydrogen-bond acceptors (Lipinski definition) is 6. The quantitative estimate of drug-likeness (QED) is 0.324. The fourth-order valence-corrected chi connectivity index (χ4v) is 3.42. The zero-order valence-electron chi connectivity index (χ0n) is 14.6. The monoisotopic (exact) mass is 364 g/mol. The van der Waals surface area contributed by atoms with Gasteiger partial charge in [-0.2, -0.15) is 9.15 Å². The highest BCUT2D eigenvalue weighted by atomic mass is 28.4. The van der Waals surface area contributed by atoms with Crippen LogP contribution in [0.3, 0.4) is 0 Å². The van der Waals surface area contributed by atoms with Crippen molar-refractivity contribution in [1.82, 2.24) is 0 Å². The van der Waals surface area contributed by atoms with E-state index in [0.717, 1.165) is 11.1 Å². The van der Waals surface area contributed by atoms with Crippen molar-refractivity contribution in [3.8, 4) is 0 Å². The molecule has 0 atom stereocenters. The van der Waals surface area contributed by atoms with Crippen LogP contribution in [0.4, 0.5) is 0 Å². The molecular formula is C18H24O6Si. The molecule has 25 heavy (non-hydrogen) atoms. The largest absolute Gasteiger partial charge is 0.736 e. The van der Waals surface area contributed by atoms with Crippen molar-refractivity contribution in [1.29, 1.82) is 0 Å². The molecule has 0 N–H and O–H groups in total. The Bertz CT molecular complexity index is 527. The van der Waals surface area contributed by atoms with Gasteiger partial charge in [0.25, 0.3) is 0 Å². The Morgan fingerprint density at radius 3 is 1.40 bits per heavy atom. The summed E-state index contributed by atoms with van der Waals surface area (Å²) in [6, 6.07) is 19.4. The molecule has 0 amide bonds. The molecule has 0 aliphatic heterocycles. The van der Waals surface area contributed by atoms with Crippen molar-refractivity contribution in [2.45, 2.75) is 27.1 Å². The van der Waals surface area contributed by atoms with E-state index in [2.05, 4.69) is 0 Å². The van der Waals surface area contributed by atoms with Crippen LogP contribution < -0.4 is 0 Å². The van der Waals surface area contributed by atoms with Crippen molar-refractivity contribution in [3.05, 3.63) is 71.8 Å². The lowest BCUT2D eigenvalue weighted by Gasteiger charge is -2.25. The van der Waals surface area contributed by atoms with Gasteiger partial charge in [0.05, 0.1) is 26.4 Å². The molecule has 0 aromatic heterocycles. The third kappa shape index (κ3) is 7.05. The zero-order valence-corrected chi connectivity index (χ0v) is 15.6. The van der Waals surface area contributed by atoms with Gasteiger partial charge < -0.3 is 8.85 Å². The molecule has 0 unspecified atom stereocenters. The number of hydrogen-bond donors (Lipinski definition) is 0. The molecule has 136 valence electrons. The molecule has 0 heterocycles. The molecule has 0 aliphatic carbocycles. The molecule has 0 spiro atoms. The van der Waals surface area contributed by atoms with Crippen molar-refractivity contribution in [2.75, 3.05) is 13.2 Å². The van der Waals surface area contributed by atoms with Gasteiger partial charge in [-0.3, -0.25) is 0 Å². The van der Waals surface area contributed by atoms with Gasteiger partial charge in [-0.15, -0.1) is 0 Å². The first-order valence-corrected chi connectivity index (χ1v) is 9.88. The summed E-state index contributed by atoms with van der Waals surface area (Å²) in [5.41, 5.74) is 1.92. The summed E-state index contributed by atoms with van der Waals surface area (Å²) in [5, 5.41) is 0. The van der Waals surface area contributed by atoms with Crippen LogP contribution >= 0.6 is 0 Å². The van der Waals surface area contributed by atoms with Gasteiger partial charge in [0.2, 0.25) is 0 Å². The second kappa shape index (κ2) is 11.1. The first-order chi connectivity index (χ1) is 12.3. The van der Waals surface area contributed by atoms with Gasteiger partial charge >= 0.3 is 9.05 Å². The van der Waals surface area contributed by atoms with Crippen LogP contribution in [-0.2, 0) is 41.0 Å². The first-order valence-electron chi connectivity index (χ1n) is 8.25. The summed E-state index contributed by atoms with van der Waals surface area (Å²) in [6.45, 7) is 4.76. The lowest BCUT2D eigenvalue weighted by molar-refractivity contribution is -0.339. The maximum atomic E-state index is 5.86. The van der Waals surface area contributed by atoms with Crippen molar-refractivity contribution < 1.29 is 27.8 Å². The van der Waals surface area contributed by atoms with Crippen molar-refractivity contribution in [3.63, 3.8) is 0 Å². The molecule has 0 bridgehead atoms. The molecule has 7 heteroatoms. The minimum atomic E-state index is -3.65. The van der Waals surface area contributed by atoms with E-state index in [9.17, 15) is 0 Å². The van der Waals surface area contributed by atoms with Crippen LogP contribution in [0.5, 0.6) is 0 Å². The molecule has 0 aliphatic rings. The maximum Gasteiger partial charge on any atom is 0.736 e. The molecule has 0 fully saturated rings. The molecule has 2 rings (SSSR count). The third-order valence-electron chi connectivity index (χ3n) is 3.07. The average Bonchev–Trinajstić information content (AvgIpc) is 2.68. The van der Waals surface area contributed by atoms with Gasteiger partial charge in [-0.05, 0) is 25.0 Å². The Morgan fingerprint density at radius 2 is 1.04 bits per heavy atom. The molecule has 2 aromatic carbocycles. The predicted molar refractivity (Wildman–Crippen MR) is 93.6 cm³/mol. The Morgan fingerprint density at radius 1 is 0.640 bits per heavy atom. The summed E-state index contributed by atoms with van der Waals surface area (Å²) in [5.74, 6) is 0. The van der Waals surface area contributed by atoms with Gasteiger partial charge in [-0.25, -0.2) is 9.78 Å². The summed E-state index contributed by atoms with van der Waals surface area (Å²) >= 11 is 0. The number of rotatable bonds is 12. The van der Waals surface area contributed by atoms with E-state index in [-0.39, 0.29) is 13.2 Å². The summed E-state index contributed by atoms with van der Waals surface area (Å²) < 4.78 is 22.5. The van der Waals surface area contributed by atoms with E-state index < -0.39 is 9.05 Å². The third-order valence-corrected chi connectivity index (χ3v) is 4.71. The number of benzene rings is 2. The highest BCUT2D eigenvalue weighted by molar-refractivity contribution is 6.52. The predicted octanol–water partition coefficient (Wildman–Crippen LogP) is 3.79. The Balaban J connectivity index is 2.07. The molecule has 0 saturated carbocycles. The van der Waals surface area contributed by atoms with Crippen LogP contribution in [0.1, 0.15) is 25.0 Å². The van der Waals surface area contributed by atoms with Crippen LogP contribution in [0.2, 0.25) is 0 Å². The molecule has 0 radical (unpaired) electrons. The normalized spacial score (nSPS) is 11.6. The molecular weight excluding hydrogens is 340 g/mol. The Hall–Kier alpha value is -1.58. The molecule has 0 saturated heterocycles. The highest BCUT2D eigenvalue weighted by Gasteiger charge is 2.50. The average molecular weight is 364 g/mol. The van der Waals surface area contributed by atoms with Gasteiger partial charge in [-0.1, -0.05) is 60.7 Å². The standard InChI is InChI=1S/C18H24O6Si/c1-3-19-23-25(24-20-4-2,21-15-17-11-7-5-8-12-17)22-16-18-13-9-6-10-14-18/h5-14H,3-4,15-16H2,1-2H3. The second-order valence-electron chi connectivity index (χ2n) is 5.03. The van der Waals surface area contributed by atoms with Crippen LogP contribution in [0.15, 0.2) is 60.7 Å². The van der Waals surface area contributed by atoms with E-state index in [4.69, 9.17) is 27.8 Å². The lowest BCUT2D eigenvalue weighted by Crippen LogP contribution is -2.49. The molecule has 2 aromatic rings. The van der Waals surface area contributed by atoms with Crippen molar-refractivity contribution >= 4 is 9.05 Å². The fraction of sp³-hybridized carbons (Fsp3) is 0.333. The van der Waals surface area contributed by atoms with E-state index in [1.165, 1.54) is 0 Å². The minimum Gasteiger partial charge on any atom is -0.344 e.